The Labute approximate surface area is 75.6 Å². The Hall–Kier alpha value is -0.970. The van der Waals surface area contributed by atoms with Gasteiger partial charge in [0.15, 0.2) is 0 Å². The number of hydrogen-bond donors (Lipinski definition) is 2. The molecule has 0 aliphatic heterocycles. The van der Waals surface area contributed by atoms with Crippen LogP contribution in [-0.2, 0) is 12.3 Å². The van der Waals surface area contributed by atoms with Crippen LogP contribution < -0.4 is 0 Å². The number of aromatic nitrogens is 2. The zero-order valence-electron chi connectivity index (χ0n) is 6.69. The number of rotatable bonds is 3. The second kappa shape index (κ2) is 3.62. The first-order valence-corrected chi connectivity index (χ1v) is 4.22. The Morgan fingerprint density at radius 3 is 2.92 bits per heavy atom. The highest BCUT2D eigenvalue weighted by molar-refractivity contribution is 7.79. The summed E-state index contributed by atoms with van der Waals surface area (Å²) < 4.78 is 1.64. The minimum absolute atomic E-state index is 0.242. The van der Waals surface area contributed by atoms with Gasteiger partial charge in [0, 0.05) is 12.3 Å². The van der Waals surface area contributed by atoms with Crippen LogP contribution in [0.1, 0.15) is 23.0 Å². The highest BCUT2D eigenvalue weighted by Gasteiger charge is 2.13. The number of hydrogen-bond acceptors (Lipinski definition) is 3. The van der Waals surface area contributed by atoms with Gasteiger partial charge in [-0.3, -0.25) is 4.68 Å². The van der Waals surface area contributed by atoms with Gasteiger partial charge in [0.2, 0.25) is 0 Å². The van der Waals surface area contributed by atoms with Crippen LogP contribution >= 0.6 is 12.6 Å². The first-order valence-electron chi connectivity index (χ1n) is 3.59. The van der Waals surface area contributed by atoms with Crippen molar-refractivity contribution in [2.75, 3.05) is 0 Å². The normalized spacial score (nSPS) is 10.2. The molecule has 0 amide bonds. The highest BCUT2D eigenvalue weighted by atomic mass is 32.1. The lowest BCUT2D eigenvalue weighted by atomic mass is 10.3. The van der Waals surface area contributed by atoms with Crippen LogP contribution in [-0.4, -0.2) is 20.9 Å². The lowest BCUT2D eigenvalue weighted by Gasteiger charge is -2.01. The summed E-state index contributed by atoms with van der Waals surface area (Å²) in [4.78, 5) is 10.6. The smallest absolute Gasteiger partial charge is 0.339 e. The Bertz CT molecular complexity index is 296. The maximum atomic E-state index is 10.6. The van der Waals surface area contributed by atoms with Crippen molar-refractivity contribution in [3.8, 4) is 0 Å². The monoisotopic (exact) mass is 186 g/mol. The molecule has 0 fully saturated rings. The van der Waals surface area contributed by atoms with Gasteiger partial charge in [0.1, 0.15) is 5.56 Å². The van der Waals surface area contributed by atoms with Crippen molar-refractivity contribution in [3.05, 3.63) is 17.5 Å². The van der Waals surface area contributed by atoms with E-state index in [1.165, 1.54) is 6.20 Å². The molecule has 0 bridgehead atoms. The number of carboxylic acids is 1. The molecule has 0 aromatic carbocycles. The zero-order chi connectivity index (χ0) is 9.14. The van der Waals surface area contributed by atoms with Crippen LogP contribution in [0.5, 0.6) is 0 Å². The van der Waals surface area contributed by atoms with E-state index in [0.717, 1.165) is 0 Å². The molecule has 1 rings (SSSR count). The standard InChI is InChI=1S/C7H10N2O2S/c1-2-9-6(4-12)5(3-8-9)7(10)11/h3,12H,2,4H2,1H3,(H,10,11). The molecular weight excluding hydrogens is 176 g/mol. The predicted molar refractivity (Wildman–Crippen MR) is 47.6 cm³/mol. The van der Waals surface area contributed by atoms with E-state index in [1.54, 1.807) is 4.68 Å². The number of aryl methyl sites for hydroxylation is 1. The predicted octanol–water partition coefficient (Wildman–Crippen LogP) is 1.03. The molecule has 0 aliphatic rings. The fraction of sp³-hybridized carbons (Fsp3) is 0.429. The topological polar surface area (TPSA) is 55.1 Å². The van der Waals surface area contributed by atoms with Crippen molar-refractivity contribution >= 4 is 18.6 Å². The fourth-order valence-corrected chi connectivity index (χ4v) is 1.36. The largest absolute Gasteiger partial charge is 0.478 e. The van der Waals surface area contributed by atoms with Crippen LogP contribution in [0.3, 0.4) is 0 Å². The Morgan fingerprint density at radius 2 is 2.50 bits per heavy atom. The molecule has 0 radical (unpaired) electrons. The molecule has 1 aromatic heterocycles. The first-order chi connectivity index (χ1) is 5.70. The van der Waals surface area contributed by atoms with Crippen molar-refractivity contribution in [3.63, 3.8) is 0 Å². The molecule has 0 spiro atoms. The highest BCUT2D eigenvalue weighted by Crippen LogP contribution is 2.10. The average molecular weight is 186 g/mol. The van der Waals surface area contributed by atoms with Crippen molar-refractivity contribution in [1.82, 2.24) is 9.78 Å². The summed E-state index contributed by atoms with van der Waals surface area (Å²) in [5.74, 6) is -0.547. The van der Waals surface area contributed by atoms with E-state index >= 15 is 0 Å². The molecular formula is C7H10N2O2S. The second-order valence-electron chi connectivity index (χ2n) is 2.28. The van der Waals surface area contributed by atoms with Gasteiger partial charge in [-0.2, -0.15) is 17.7 Å². The van der Waals surface area contributed by atoms with E-state index in [4.69, 9.17) is 5.11 Å². The van der Waals surface area contributed by atoms with Crippen molar-refractivity contribution in [2.24, 2.45) is 0 Å². The van der Waals surface area contributed by atoms with E-state index in [2.05, 4.69) is 17.7 Å². The molecule has 66 valence electrons. The van der Waals surface area contributed by atoms with Gasteiger partial charge in [-0.05, 0) is 6.92 Å². The summed E-state index contributed by atoms with van der Waals surface area (Å²) in [6.45, 7) is 2.58. The van der Waals surface area contributed by atoms with Crippen molar-refractivity contribution < 1.29 is 9.90 Å². The number of nitrogens with zero attached hydrogens (tertiary/aromatic N) is 2. The Morgan fingerprint density at radius 1 is 1.83 bits per heavy atom. The van der Waals surface area contributed by atoms with E-state index in [9.17, 15) is 4.79 Å². The molecule has 1 heterocycles. The molecule has 0 saturated heterocycles. The molecule has 1 N–H and O–H groups in total. The van der Waals surface area contributed by atoms with Gasteiger partial charge in [-0.25, -0.2) is 4.79 Å². The number of carboxylic acid groups (broad SMARTS) is 1. The fourth-order valence-electron chi connectivity index (χ4n) is 1.03. The number of thiol groups is 1. The van der Waals surface area contributed by atoms with Gasteiger partial charge in [0.05, 0.1) is 11.9 Å². The number of carbonyl (C=O) groups is 1. The van der Waals surface area contributed by atoms with Crippen LogP contribution in [0.25, 0.3) is 0 Å². The van der Waals surface area contributed by atoms with Crippen LogP contribution in [0.2, 0.25) is 0 Å². The third-order valence-corrected chi connectivity index (χ3v) is 1.93. The molecule has 1 aromatic rings. The van der Waals surface area contributed by atoms with E-state index in [1.807, 2.05) is 6.92 Å². The van der Waals surface area contributed by atoms with E-state index in [-0.39, 0.29) is 5.56 Å². The molecule has 0 atom stereocenters. The van der Waals surface area contributed by atoms with Crippen LogP contribution in [0.4, 0.5) is 0 Å². The van der Waals surface area contributed by atoms with Gasteiger partial charge in [0.25, 0.3) is 0 Å². The van der Waals surface area contributed by atoms with Crippen molar-refractivity contribution in [1.29, 1.82) is 0 Å². The minimum Gasteiger partial charge on any atom is -0.478 e. The quantitative estimate of drug-likeness (QED) is 0.693. The average Bonchev–Trinajstić information content (AvgIpc) is 2.46. The summed E-state index contributed by atoms with van der Waals surface area (Å²) in [6, 6.07) is 0. The molecule has 5 heteroatoms. The maximum absolute atomic E-state index is 10.6. The lowest BCUT2D eigenvalue weighted by Crippen LogP contribution is -2.05. The lowest BCUT2D eigenvalue weighted by molar-refractivity contribution is 0.0696. The summed E-state index contributed by atoms with van der Waals surface area (Å²) in [5, 5.41) is 12.6. The number of aromatic carboxylic acids is 1. The Balaban J connectivity index is 3.13. The summed E-state index contributed by atoms with van der Waals surface area (Å²) in [7, 11) is 0. The minimum atomic E-state index is -0.946. The summed E-state index contributed by atoms with van der Waals surface area (Å²) in [5.41, 5.74) is 0.903. The zero-order valence-corrected chi connectivity index (χ0v) is 7.58. The second-order valence-corrected chi connectivity index (χ2v) is 2.60. The first kappa shape index (κ1) is 9.12. The van der Waals surface area contributed by atoms with Gasteiger partial charge in [-0.15, -0.1) is 0 Å². The summed E-state index contributed by atoms with van der Waals surface area (Å²) in [6.07, 6.45) is 1.36. The van der Waals surface area contributed by atoms with Crippen LogP contribution in [0.15, 0.2) is 6.20 Å². The molecule has 0 aliphatic carbocycles. The van der Waals surface area contributed by atoms with Crippen LogP contribution in [0, 0.1) is 0 Å². The third kappa shape index (κ3) is 1.45. The van der Waals surface area contributed by atoms with Gasteiger partial charge in [-0.1, -0.05) is 0 Å². The maximum Gasteiger partial charge on any atom is 0.339 e. The summed E-state index contributed by atoms with van der Waals surface area (Å²) >= 11 is 4.04. The van der Waals surface area contributed by atoms with Crippen molar-refractivity contribution in [2.45, 2.75) is 19.2 Å². The molecule has 0 unspecified atom stereocenters. The molecule has 0 saturated carbocycles. The van der Waals surface area contributed by atoms with E-state index in [0.29, 0.717) is 18.0 Å². The van der Waals surface area contributed by atoms with Gasteiger partial charge < -0.3 is 5.11 Å². The SMILES string of the molecule is CCn1ncc(C(=O)O)c1CS. The third-order valence-electron chi connectivity index (χ3n) is 1.63. The van der Waals surface area contributed by atoms with Gasteiger partial charge >= 0.3 is 5.97 Å². The Kier molecular flexibility index (Phi) is 2.75. The van der Waals surface area contributed by atoms with E-state index < -0.39 is 5.97 Å². The molecule has 4 nitrogen and oxygen atoms in total. The molecule has 12 heavy (non-hydrogen) atoms.